The van der Waals surface area contributed by atoms with Crippen molar-refractivity contribution in [3.05, 3.63) is 44.9 Å². The summed E-state index contributed by atoms with van der Waals surface area (Å²) in [4.78, 5) is 33.2. The fourth-order valence-electron chi connectivity index (χ4n) is 3.13. The Hall–Kier alpha value is -2.48. The number of nitrogens with zero attached hydrogens (tertiary/aromatic N) is 4. The first-order chi connectivity index (χ1) is 11.8. The zero-order valence-corrected chi connectivity index (χ0v) is 15.0. The van der Waals surface area contributed by atoms with Gasteiger partial charge in [0.25, 0.3) is 5.56 Å². The standard InChI is InChI=1S/C17H23N5O3/c1-10-7-15(23)19-17(18-10)14-9-22(5-6-25-14)16(24)8-13-11(2)20-21(4)12(13)3/h7,14H,5-6,8-9H2,1-4H3,(H,18,19,23)/t14-/m0/s1. The molecule has 25 heavy (non-hydrogen) atoms. The molecule has 8 heteroatoms. The van der Waals surface area contributed by atoms with E-state index in [1.54, 1.807) is 16.5 Å². The average molecular weight is 345 g/mol. The minimum atomic E-state index is -0.415. The van der Waals surface area contributed by atoms with Gasteiger partial charge in [0, 0.05) is 36.6 Å². The highest BCUT2D eigenvalue weighted by atomic mass is 16.5. The Labute approximate surface area is 145 Å². The molecule has 3 heterocycles. The summed E-state index contributed by atoms with van der Waals surface area (Å²) < 4.78 is 7.51. The highest BCUT2D eigenvalue weighted by Crippen LogP contribution is 2.20. The summed E-state index contributed by atoms with van der Waals surface area (Å²) in [5, 5.41) is 4.36. The van der Waals surface area contributed by atoms with Crippen molar-refractivity contribution in [2.75, 3.05) is 19.7 Å². The number of carbonyl (C=O) groups is 1. The van der Waals surface area contributed by atoms with Crippen molar-refractivity contribution >= 4 is 5.91 Å². The van der Waals surface area contributed by atoms with Crippen molar-refractivity contribution in [2.45, 2.75) is 33.3 Å². The Morgan fingerprint density at radius 3 is 2.80 bits per heavy atom. The van der Waals surface area contributed by atoms with Crippen LogP contribution in [0.15, 0.2) is 10.9 Å². The summed E-state index contributed by atoms with van der Waals surface area (Å²) >= 11 is 0. The number of rotatable bonds is 3. The minimum absolute atomic E-state index is 0.0301. The van der Waals surface area contributed by atoms with E-state index >= 15 is 0 Å². The first-order valence-corrected chi connectivity index (χ1v) is 8.31. The highest BCUT2D eigenvalue weighted by molar-refractivity contribution is 5.79. The summed E-state index contributed by atoms with van der Waals surface area (Å²) in [5.74, 6) is 0.499. The molecular formula is C17H23N5O3. The van der Waals surface area contributed by atoms with Crippen LogP contribution in [0.3, 0.4) is 0 Å². The summed E-state index contributed by atoms with van der Waals surface area (Å²) in [6.07, 6.45) is -0.0999. The molecule has 0 radical (unpaired) electrons. The number of morpholine rings is 1. The van der Waals surface area contributed by atoms with Crippen LogP contribution in [0.5, 0.6) is 0 Å². The Morgan fingerprint density at radius 1 is 1.40 bits per heavy atom. The van der Waals surface area contributed by atoms with Crippen molar-refractivity contribution in [1.82, 2.24) is 24.6 Å². The monoisotopic (exact) mass is 345 g/mol. The van der Waals surface area contributed by atoms with Crippen LogP contribution in [-0.4, -0.2) is 50.3 Å². The lowest BCUT2D eigenvalue weighted by molar-refractivity contribution is -0.138. The second-order valence-electron chi connectivity index (χ2n) is 6.42. The molecule has 3 rings (SSSR count). The van der Waals surface area contributed by atoms with Crippen molar-refractivity contribution in [3.8, 4) is 0 Å². The summed E-state index contributed by atoms with van der Waals surface area (Å²) in [6, 6.07) is 1.43. The lowest BCUT2D eigenvalue weighted by Gasteiger charge is -2.32. The SMILES string of the molecule is Cc1cc(=O)[nH]c([C@@H]2CN(C(=O)Cc3c(C)nn(C)c3C)CCO2)n1. The Kier molecular flexibility index (Phi) is 4.71. The van der Waals surface area contributed by atoms with Crippen molar-refractivity contribution < 1.29 is 9.53 Å². The van der Waals surface area contributed by atoms with Gasteiger partial charge in [-0.3, -0.25) is 14.3 Å². The summed E-state index contributed by atoms with van der Waals surface area (Å²) in [5.41, 5.74) is 3.27. The number of hydrogen-bond acceptors (Lipinski definition) is 5. The zero-order chi connectivity index (χ0) is 18.1. The molecule has 1 N–H and O–H groups in total. The molecule has 1 fully saturated rings. The van der Waals surface area contributed by atoms with E-state index in [9.17, 15) is 9.59 Å². The first-order valence-electron chi connectivity index (χ1n) is 8.31. The third kappa shape index (κ3) is 3.63. The Morgan fingerprint density at radius 2 is 2.16 bits per heavy atom. The number of nitrogens with one attached hydrogen (secondary N) is 1. The number of amides is 1. The van der Waals surface area contributed by atoms with Gasteiger partial charge in [-0.25, -0.2) is 4.98 Å². The number of hydrogen-bond donors (Lipinski definition) is 1. The molecule has 1 saturated heterocycles. The molecule has 1 aliphatic rings. The van der Waals surface area contributed by atoms with Gasteiger partial charge < -0.3 is 14.6 Å². The number of H-pyrrole nitrogens is 1. The molecule has 8 nitrogen and oxygen atoms in total. The summed E-state index contributed by atoms with van der Waals surface area (Å²) in [6.45, 7) is 6.97. The molecule has 0 unspecified atom stereocenters. The van der Waals surface area contributed by atoms with Crippen LogP contribution >= 0.6 is 0 Å². The van der Waals surface area contributed by atoms with E-state index in [-0.39, 0.29) is 11.5 Å². The van der Waals surface area contributed by atoms with Crippen LogP contribution < -0.4 is 5.56 Å². The topological polar surface area (TPSA) is 93.1 Å². The Balaban J connectivity index is 1.74. The number of ether oxygens (including phenoxy) is 1. The van der Waals surface area contributed by atoms with Gasteiger partial charge in [-0.15, -0.1) is 0 Å². The van der Waals surface area contributed by atoms with Crippen molar-refractivity contribution in [2.24, 2.45) is 7.05 Å². The largest absolute Gasteiger partial charge is 0.367 e. The maximum atomic E-state index is 12.7. The number of carbonyl (C=O) groups excluding carboxylic acids is 1. The second kappa shape index (κ2) is 6.79. The lowest BCUT2D eigenvalue weighted by atomic mass is 10.1. The van der Waals surface area contributed by atoms with Gasteiger partial charge in [0.2, 0.25) is 5.91 Å². The number of aromatic nitrogens is 4. The van der Waals surface area contributed by atoms with Gasteiger partial charge in [0.1, 0.15) is 11.9 Å². The van der Waals surface area contributed by atoms with Crippen LogP contribution in [0.25, 0.3) is 0 Å². The van der Waals surface area contributed by atoms with Gasteiger partial charge >= 0.3 is 0 Å². The van der Waals surface area contributed by atoms with E-state index in [2.05, 4.69) is 15.1 Å². The molecule has 134 valence electrons. The van der Waals surface area contributed by atoms with Gasteiger partial charge in [0.15, 0.2) is 0 Å². The van der Waals surface area contributed by atoms with Crippen LogP contribution in [0, 0.1) is 20.8 Å². The molecule has 0 spiro atoms. The van der Waals surface area contributed by atoms with Crippen LogP contribution in [0.4, 0.5) is 0 Å². The molecule has 2 aromatic rings. The van der Waals surface area contributed by atoms with Gasteiger partial charge in [-0.05, 0) is 20.8 Å². The third-order valence-electron chi connectivity index (χ3n) is 4.60. The third-order valence-corrected chi connectivity index (χ3v) is 4.60. The van der Waals surface area contributed by atoms with Crippen LogP contribution in [-0.2, 0) is 23.0 Å². The van der Waals surface area contributed by atoms with Crippen molar-refractivity contribution in [3.63, 3.8) is 0 Å². The highest BCUT2D eigenvalue weighted by Gasteiger charge is 2.28. The normalized spacial score (nSPS) is 17.8. The smallest absolute Gasteiger partial charge is 0.251 e. The van der Waals surface area contributed by atoms with Gasteiger partial charge in [-0.1, -0.05) is 0 Å². The number of aromatic amines is 1. The molecule has 2 aromatic heterocycles. The molecule has 1 aliphatic heterocycles. The van der Waals surface area contributed by atoms with E-state index in [1.165, 1.54) is 6.07 Å². The van der Waals surface area contributed by atoms with E-state index in [0.717, 1.165) is 17.0 Å². The predicted octanol–water partition coefficient (Wildman–Crippen LogP) is 0.571. The van der Waals surface area contributed by atoms with Crippen LogP contribution in [0.2, 0.25) is 0 Å². The first kappa shape index (κ1) is 17.3. The maximum Gasteiger partial charge on any atom is 0.251 e. The van der Waals surface area contributed by atoms with Crippen LogP contribution in [0.1, 0.15) is 34.6 Å². The Bertz CT molecular complexity index is 854. The van der Waals surface area contributed by atoms with Crippen molar-refractivity contribution in [1.29, 1.82) is 0 Å². The fraction of sp³-hybridized carbons (Fsp3) is 0.529. The fourth-order valence-corrected chi connectivity index (χ4v) is 3.13. The molecule has 1 amide bonds. The van der Waals surface area contributed by atoms with E-state index < -0.39 is 6.10 Å². The maximum absolute atomic E-state index is 12.7. The molecular weight excluding hydrogens is 322 g/mol. The molecule has 0 saturated carbocycles. The predicted molar refractivity (Wildman–Crippen MR) is 91.3 cm³/mol. The lowest BCUT2D eigenvalue weighted by Crippen LogP contribution is -2.43. The van der Waals surface area contributed by atoms with E-state index in [0.29, 0.717) is 37.6 Å². The van der Waals surface area contributed by atoms with E-state index in [1.807, 2.05) is 20.9 Å². The van der Waals surface area contributed by atoms with Gasteiger partial charge in [0.05, 0.1) is 25.3 Å². The minimum Gasteiger partial charge on any atom is -0.367 e. The number of aryl methyl sites for hydroxylation is 3. The zero-order valence-electron chi connectivity index (χ0n) is 15.0. The average Bonchev–Trinajstić information content (AvgIpc) is 2.80. The van der Waals surface area contributed by atoms with Gasteiger partial charge in [-0.2, -0.15) is 5.10 Å². The summed E-state index contributed by atoms with van der Waals surface area (Å²) in [7, 11) is 1.88. The second-order valence-corrected chi connectivity index (χ2v) is 6.42. The van der Waals surface area contributed by atoms with E-state index in [4.69, 9.17) is 4.74 Å². The molecule has 0 bridgehead atoms. The quantitative estimate of drug-likeness (QED) is 0.878. The molecule has 0 aliphatic carbocycles. The molecule has 0 aromatic carbocycles. The molecule has 1 atom stereocenters.